The summed E-state index contributed by atoms with van der Waals surface area (Å²) in [6.07, 6.45) is 2.22. The quantitative estimate of drug-likeness (QED) is 0.615. The highest BCUT2D eigenvalue weighted by molar-refractivity contribution is 7.87. The number of hydrogen-bond donors (Lipinski definition) is 2. The fraction of sp³-hybridized carbons (Fsp3) is 0.667. The van der Waals surface area contributed by atoms with Crippen LogP contribution in [-0.4, -0.2) is 45.3 Å². The smallest absolute Gasteiger partial charge is 0.303 e. The van der Waals surface area contributed by atoms with Gasteiger partial charge < -0.3 is 5.32 Å². The maximum Gasteiger partial charge on any atom is 0.303 e. The molecule has 1 aliphatic carbocycles. The minimum atomic E-state index is -3.72. The summed E-state index contributed by atoms with van der Waals surface area (Å²) in [6.45, 7) is 3.60. The van der Waals surface area contributed by atoms with E-state index < -0.39 is 21.7 Å². The Balaban J connectivity index is 2.78. The Morgan fingerprint density at radius 2 is 2.12 bits per heavy atom. The zero-order valence-electron chi connectivity index (χ0n) is 9.65. The molecule has 0 saturated heterocycles. The van der Waals surface area contributed by atoms with Gasteiger partial charge in [-0.15, -0.1) is 6.58 Å². The molecule has 7 heteroatoms. The van der Waals surface area contributed by atoms with Crippen LogP contribution in [0.25, 0.3) is 0 Å². The van der Waals surface area contributed by atoms with Crippen LogP contribution in [0.5, 0.6) is 0 Å². The van der Waals surface area contributed by atoms with Crippen molar-refractivity contribution < 1.29 is 13.2 Å². The second-order valence-electron chi connectivity index (χ2n) is 3.99. The molecule has 0 aliphatic heterocycles. The number of carbonyl (C=O) groups is 1. The van der Waals surface area contributed by atoms with Crippen LogP contribution in [0.2, 0.25) is 0 Å². The van der Waals surface area contributed by atoms with Gasteiger partial charge in [0.25, 0.3) is 5.91 Å². The van der Waals surface area contributed by atoms with Crippen molar-refractivity contribution in [3.05, 3.63) is 12.7 Å². The number of hydrogen-bond acceptors (Lipinski definition) is 4. The van der Waals surface area contributed by atoms with Crippen molar-refractivity contribution in [2.24, 2.45) is 5.92 Å². The van der Waals surface area contributed by atoms with Gasteiger partial charge in [-0.25, -0.2) is 4.72 Å². The lowest BCUT2D eigenvalue weighted by Gasteiger charge is -2.18. The topological polar surface area (TPSA) is 78.5 Å². The van der Waals surface area contributed by atoms with Gasteiger partial charge in [0.05, 0.1) is 0 Å². The lowest BCUT2D eigenvalue weighted by Crippen LogP contribution is -2.51. The first-order valence-corrected chi connectivity index (χ1v) is 6.30. The summed E-state index contributed by atoms with van der Waals surface area (Å²) < 4.78 is 25.9. The number of nitrogens with one attached hydrogen (secondary N) is 2. The molecule has 1 aliphatic rings. The van der Waals surface area contributed by atoms with E-state index in [9.17, 15) is 13.2 Å². The number of carbonyl (C=O) groups excluding carboxylic acids is 1. The van der Waals surface area contributed by atoms with Gasteiger partial charge >= 0.3 is 10.2 Å². The Morgan fingerprint density at radius 3 is 2.44 bits per heavy atom. The second kappa shape index (κ2) is 4.15. The van der Waals surface area contributed by atoms with Crippen LogP contribution >= 0.6 is 0 Å². The number of likely N-dealkylation sites (N-methyl/N-ethyl adjacent to an activating group) is 1. The van der Waals surface area contributed by atoms with Crippen molar-refractivity contribution in [3.63, 3.8) is 0 Å². The van der Waals surface area contributed by atoms with Crippen molar-refractivity contribution in [2.45, 2.75) is 12.0 Å². The van der Waals surface area contributed by atoms with E-state index >= 15 is 0 Å². The third-order valence-electron chi connectivity index (χ3n) is 2.85. The molecule has 2 N–H and O–H groups in total. The predicted octanol–water partition coefficient (Wildman–Crippen LogP) is -0.927. The Labute approximate surface area is 95.9 Å². The SMILES string of the molecule is C=CC1CC1(NC)C(=O)NS(=O)(=O)N(C)C. The monoisotopic (exact) mass is 247 g/mol. The maximum absolute atomic E-state index is 11.8. The van der Waals surface area contributed by atoms with Crippen LogP contribution in [0.1, 0.15) is 6.42 Å². The third-order valence-corrected chi connectivity index (χ3v) is 4.26. The maximum atomic E-state index is 11.8. The van der Waals surface area contributed by atoms with E-state index in [1.807, 2.05) is 4.72 Å². The molecule has 0 heterocycles. The molecule has 1 amide bonds. The van der Waals surface area contributed by atoms with Crippen LogP contribution in [-0.2, 0) is 15.0 Å². The second-order valence-corrected chi connectivity index (χ2v) is 5.87. The van der Waals surface area contributed by atoms with E-state index in [4.69, 9.17) is 0 Å². The number of rotatable bonds is 5. The molecule has 2 atom stereocenters. The summed E-state index contributed by atoms with van der Waals surface area (Å²) in [7, 11) is 0.629. The molecule has 1 fully saturated rings. The van der Waals surface area contributed by atoms with E-state index in [2.05, 4.69) is 11.9 Å². The van der Waals surface area contributed by atoms with Crippen LogP contribution in [0, 0.1) is 5.92 Å². The first-order valence-electron chi connectivity index (χ1n) is 4.86. The van der Waals surface area contributed by atoms with Gasteiger partial charge in [0, 0.05) is 20.0 Å². The molecule has 1 rings (SSSR count). The number of amides is 1. The van der Waals surface area contributed by atoms with Crippen LogP contribution < -0.4 is 10.0 Å². The van der Waals surface area contributed by atoms with Gasteiger partial charge in [-0.05, 0) is 13.5 Å². The van der Waals surface area contributed by atoms with Gasteiger partial charge in [0.2, 0.25) is 0 Å². The molecule has 0 radical (unpaired) electrons. The lowest BCUT2D eigenvalue weighted by atomic mass is 10.2. The summed E-state index contributed by atoms with van der Waals surface area (Å²) >= 11 is 0. The summed E-state index contributed by atoms with van der Waals surface area (Å²) in [4.78, 5) is 11.8. The minimum absolute atomic E-state index is 0.0186. The standard InChI is InChI=1S/C9H17N3O3S/c1-5-7-6-9(7,10-2)8(13)11-16(14,15)12(3)4/h5,7,10H,1,6H2,2-4H3,(H,11,13). The predicted molar refractivity (Wildman–Crippen MR) is 60.8 cm³/mol. The summed E-state index contributed by atoms with van der Waals surface area (Å²) in [5.41, 5.74) is -0.815. The van der Waals surface area contributed by atoms with Crippen LogP contribution in [0.4, 0.5) is 0 Å². The summed E-state index contributed by atoms with van der Waals surface area (Å²) in [6, 6.07) is 0. The van der Waals surface area contributed by atoms with E-state index in [1.54, 1.807) is 13.1 Å². The molecular weight excluding hydrogens is 230 g/mol. The highest BCUT2D eigenvalue weighted by Gasteiger charge is 2.58. The van der Waals surface area contributed by atoms with Crippen LogP contribution in [0.15, 0.2) is 12.7 Å². The molecule has 1 saturated carbocycles. The van der Waals surface area contributed by atoms with Crippen LogP contribution in [0.3, 0.4) is 0 Å². The average molecular weight is 247 g/mol. The largest absolute Gasteiger partial charge is 0.306 e. The first kappa shape index (κ1) is 13.1. The van der Waals surface area contributed by atoms with Crippen molar-refractivity contribution >= 4 is 16.1 Å². The molecule has 0 aromatic rings. The van der Waals surface area contributed by atoms with Gasteiger partial charge in [0.15, 0.2) is 0 Å². The van der Waals surface area contributed by atoms with Crippen molar-refractivity contribution in [1.29, 1.82) is 0 Å². The van der Waals surface area contributed by atoms with Gasteiger partial charge in [-0.1, -0.05) is 6.08 Å². The zero-order chi connectivity index (χ0) is 12.6. The lowest BCUT2D eigenvalue weighted by molar-refractivity contribution is -0.122. The average Bonchev–Trinajstić information content (AvgIpc) is 2.91. The fourth-order valence-electron chi connectivity index (χ4n) is 1.53. The van der Waals surface area contributed by atoms with Crippen molar-refractivity contribution in [1.82, 2.24) is 14.3 Å². The zero-order valence-corrected chi connectivity index (χ0v) is 10.5. The molecule has 92 valence electrons. The van der Waals surface area contributed by atoms with Gasteiger partial charge in [-0.3, -0.25) is 4.79 Å². The Bertz CT molecular complexity index is 404. The fourth-order valence-corrected chi connectivity index (χ4v) is 2.13. The van der Waals surface area contributed by atoms with E-state index in [1.165, 1.54) is 14.1 Å². The molecule has 0 aromatic carbocycles. The highest BCUT2D eigenvalue weighted by Crippen LogP contribution is 2.44. The van der Waals surface area contributed by atoms with E-state index in [0.29, 0.717) is 6.42 Å². The van der Waals surface area contributed by atoms with Crippen molar-refractivity contribution in [3.8, 4) is 0 Å². The highest BCUT2D eigenvalue weighted by atomic mass is 32.2. The minimum Gasteiger partial charge on any atom is -0.306 e. The Kier molecular flexibility index (Phi) is 3.41. The van der Waals surface area contributed by atoms with Crippen molar-refractivity contribution in [2.75, 3.05) is 21.1 Å². The van der Waals surface area contributed by atoms with Gasteiger partial charge in [0.1, 0.15) is 5.54 Å². The first-order chi connectivity index (χ1) is 7.30. The Hall–Kier alpha value is -0.920. The number of nitrogens with zero attached hydrogens (tertiary/aromatic N) is 1. The molecule has 0 aromatic heterocycles. The summed E-state index contributed by atoms with van der Waals surface area (Å²) in [5.74, 6) is -0.552. The third kappa shape index (κ3) is 2.11. The summed E-state index contributed by atoms with van der Waals surface area (Å²) in [5, 5.41) is 2.85. The van der Waals surface area contributed by atoms with E-state index in [-0.39, 0.29) is 5.92 Å². The van der Waals surface area contributed by atoms with Gasteiger partial charge in [-0.2, -0.15) is 12.7 Å². The molecule has 16 heavy (non-hydrogen) atoms. The normalized spacial score (nSPS) is 28.9. The van der Waals surface area contributed by atoms with E-state index in [0.717, 1.165) is 4.31 Å². The molecule has 0 bridgehead atoms. The molecular formula is C9H17N3O3S. The molecule has 2 unspecified atom stereocenters. The molecule has 6 nitrogen and oxygen atoms in total. The molecule has 0 spiro atoms. The Morgan fingerprint density at radius 1 is 1.56 bits per heavy atom.